The van der Waals surface area contributed by atoms with E-state index in [9.17, 15) is 26.7 Å². The molecule has 2 aliphatic rings. The van der Waals surface area contributed by atoms with Gasteiger partial charge in [-0.1, -0.05) is 6.07 Å². The number of rotatable bonds is 3. The molecular weight excluding hydrogens is 425 g/mol. The molecule has 0 aliphatic carbocycles. The summed E-state index contributed by atoms with van der Waals surface area (Å²) in [5.74, 6) is -2.45. The lowest BCUT2D eigenvalue weighted by Gasteiger charge is -2.40. The Labute approximate surface area is 174 Å². The Morgan fingerprint density at radius 1 is 1.23 bits per heavy atom. The molecule has 31 heavy (non-hydrogen) atoms. The van der Waals surface area contributed by atoms with Crippen molar-refractivity contribution in [3.8, 4) is 0 Å². The summed E-state index contributed by atoms with van der Waals surface area (Å²) in [5.41, 5.74) is -0.731. The second kappa shape index (κ2) is 8.06. The van der Waals surface area contributed by atoms with Crippen molar-refractivity contribution in [3.63, 3.8) is 0 Å². The van der Waals surface area contributed by atoms with E-state index >= 15 is 0 Å². The minimum Gasteiger partial charge on any atom is -0.377 e. The minimum atomic E-state index is -4.61. The lowest BCUT2D eigenvalue weighted by atomic mass is 10.1. The van der Waals surface area contributed by atoms with Gasteiger partial charge >= 0.3 is 6.18 Å². The number of hydrogen-bond donors (Lipinski definition) is 0. The Kier molecular flexibility index (Phi) is 5.58. The monoisotopic (exact) mass is 445 g/mol. The number of pyridine rings is 1. The first kappa shape index (κ1) is 21.5. The number of nitrogens with zero attached hydrogens (tertiary/aromatic N) is 5. The van der Waals surface area contributed by atoms with Gasteiger partial charge in [-0.05, 0) is 25.0 Å². The molecule has 0 spiro atoms. The van der Waals surface area contributed by atoms with Crippen molar-refractivity contribution in [2.45, 2.75) is 44.7 Å². The average Bonchev–Trinajstić information content (AvgIpc) is 2.72. The van der Waals surface area contributed by atoms with Gasteiger partial charge in [0.1, 0.15) is 6.04 Å². The van der Waals surface area contributed by atoms with Crippen LogP contribution in [0.15, 0.2) is 23.1 Å². The van der Waals surface area contributed by atoms with Gasteiger partial charge < -0.3 is 14.5 Å². The number of morpholine rings is 1. The molecule has 0 radical (unpaired) electrons. The normalized spacial score (nSPS) is 21.9. The topological polar surface area (TPSA) is 63.5 Å². The third-order valence-electron chi connectivity index (χ3n) is 5.49. The minimum absolute atomic E-state index is 0.249. The Hall–Kier alpha value is -2.76. The summed E-state index contributed by atoms with van der Waals surface area (Å²) in [6.07, 6.45) is -3.94. The van der Waals surface area contributed by atoms with Crippen molar-refractivity contribution < 1.29 is 26.7 Å². The maximum Gasteiger partial charge on any atom is 0.408 e. The smallest absolute Gasteiger partial charge is 0.377 e. The number of anilines is 2. The molecule has 1 fully saturated rings. The van der Waals surface area contributed by atoms with Crippen molar-refractivity contribution in [1.29, 1.82) is 0 Å². The Balaban J connectivity index is 1.82. The molecular formula is C19H20F5N5O2. The predicted molar refractivity (Wildman–Crippen MR) is 101 cm³/mol. The van der Waals surface area contributed by atoms with E-state index < -0.39 is 36.0 Å². The number of alkyl halides is 3. The molecule has 12 heteroatoms. The molecule has 7 nitrogen and oxygen atoms in total. The standard InChI is InChI=1S/C19H20F5N5O2/c1-11-10-31-7-6-27(11)16-15(21)17(30)28-5-4-13(19(22,23)24)29(18(28)26-16)9-12-2-3-14(20)25-8-12/h2-3,8,11,13H,4-7,9-10H2,1H3/t11-,13+/m1/s1. The van der Waals surface area contributed by atoms with E-state index in [1.807, 2.05) is 0 Å². The largest absolute Gasteiger partial charge is 0.408 e. The molecule has 0 bridgehead atoms. The zero-order valence-corrected chi connectivity index (χ0v) is 16.6. The highest BCUT2D eigenvalue weighted by Gasteiger charge is 2.47. The van der Waals surface area contributed by atoms with E-state index in [2.05, 4.69) is 9.97 Å². The van der Waals surface area contributed by atoms with Crippen molar-refractivity contribution in [3.05, 3.63) is 46.0 Å². The Morgan fingerprint density at radius 2 is 2.00 bits per heavy atom. The molecule has 0 amide bonds. The van der Waals surface area contributed by atoms with Gasteiger partial charge in [-0.25, -0.2) is 4.98 Å². The van der Waals surface area contributed by atoms with Gasteiger partial charge in [0.15, 0.2) is 5.82 Å². The highest BCUT2D eigenvalue weighted by atomic mass is 19.4. The fourth-order valence-electron chi connectivity index (χ4n) is 3.93. The molecule has 0 unspecified atom stereocenters. The van der Waals surface area contributed by atoms with Crippen LogP contribution >= 0.6 is 0 Å². The number of fused-ring (bicyclic) bond motifs is 1. The highest BCUT2D eigenvalue weighted by Crippen LogP contribution is 2.36. The first-order valence-electron chi connectivity index (χ1n) is 9.75. The van der Waals surface area contributed by atoms with Gasteiger partial charge in [-0.15, -0.1) is 0 Å². The number of ether oxygens (including phenoxy) is 1. The van der Waals surface area contributed by atoms with Gasteiger partial charge in [0, 0.05) is 25.8 Å². The molecule has 2 aliphatic heterocycles. The lowest BCUT2D eigenvalue weighted by Crippen LogP contribution is -2.53. The van der Waals surface area contributed by atoms with Crippen LogP contribution in [0.3, 0.4) is 0 Å². The average molecular weight is 445 g/mol. The van der Waals surface area contributed by atoms with E-state index in [0.29, 0.717) is 5.56 Å². The summed E-state index contributed by atoms with van der Waals surface area (Å²) in [7, 11) is 0. The fourth-order valence-corrected chi connectivity index (χ4v) is 3.93. The van der Waals surface area contributed by atoms with Gasteiger partial charge in [-0.3, -0.25) is 9.36 Å². The summed E-state index contributed by atoms with van der Waals surface area (Å²) >= 11 is 0. The molecule has 2 atom stereocenters. The van der Waals surface area contributed by atoms with Crippen molar-refractivity contribution in [1.82, 2.24) is 14.5 Å². The van der Waals surface area contributed by atoms with Gasteiger partial charge in [0.05, 0.1) is 19.3 Å². The summed E-state index contributed by atoms with van der Waals surface area (Å²) in [6.45, 7) is 1.90. The van der Waals surface area contributed by atoms with E-state index in [1.54, 1.807) is 6.92 Å². The molecule has 0 aromatic carbocycles. The fraction of sp³-hybridized carbons (Fsp3) is 0.526. The van der Waals surface area contributed by atoms with Crippen LogP contribution in [0.5, 0.6) is 0 Å². The maximum atomic E-state index is 14.9. The summed E-state index contributed by atoms with van der Waals surface area (Å²) in [4.78, 5) is 22.8. The van der Waals surface area contributed by atoms with Crippen LogP contribution in [-0.4, -0.2) is 52.6 Å². The van der Waals surface area contributed by atoms with Gasteiger partial charge in [0.2, 0.25) is 17.7 Å². The first-order chi connectivity index (χ1) is 14.7. The molecule has 168 valence electrons. The van der Waals surface area contributed by atoms with Crippen molar-refractivity contribution in [2.24, 2.45) is 0 Å². The van der Waals surface area contributed by atoms with E-state index in [-0.39, 0.29) is 50.7 Å². The third-order valence-corrected chi connectivity index (χ3v) is 5.49. The molecule has 4 rings (SSSR count). The van der Waals surface area contributed by atoms with E-state index in [0.717, 1.165) is 21.7 Å². The molecule has 1 saturated heterocycles. The Bertz CT molecular complexity index is 1010. The first-order valence-corrected chi connectivity index (χ1v) is 9.75. The van der Waals surface area contributed by atoms with Crippen LogP contribution in [0, 0.1) is 11.8 Å². The quantitative estimate of drug-likeness (QED) is 0.535. The van der Waals surface area contributed by atoms with Crippen LogP contribution in [0.4, 0.5) is 33.7 Å². The highest BCUT2D eigenvalue weighted by molar-refractivity contribution is 5.49. The van der Waals surface area contributed by atoms with Crippen LogP contribution in [-0.2, 0) is 17.8 Å². The van der Waals surface area contributed by atoms with Crippen LogP contribution in [0.25, 0.3) is 0 Å². The number of hydrogen-bond acceptors (Lipinski definition) is 6. The predicted octanol–water partition coefficient (Wildman–Crippen LogP) is 2.48. The van der Waals surface area contributed by atoms with E-state index in [1.165, 1.54) is 11.0 Å². The van der Waals surface area contributed by atoms with Gasteiger partial charge in [-0.2, -0.15) is 26.9 Å². The second-order valence-corrected chi connectivity index (χ2v) is 7.59. The number of aromatic nitrogens is 3. The summed E-state index contributed by atoms with van der Waals surface area (Å²) < 4.78 is 75.7. The summed E-state index contributed by atoms with van der Waals surface area (Å²) in [5, 5.41) is 0. The molecule has 0 N–H and O–H groups in total. The second-order valence-electron chi connectivity index (χ2n) is 7.59. The Morgan fingerprint density at radius 3 is 2.65 bits per heavy atom. The van der Waals surface area contributed by atoms with Crippen LogP contribution in [0.1, 0.15) is 18.9 Å². The summed E-state index contributed by atoms with van der Waals surface area (Å²) in [6, 6.07) is 0.0923. The van der Waals surface area contributed by atoms with Crippen LogP contribution < -0.4 is 15.4 Å². The van der Waals surface area contributed by atoms with Crippen LogP contribution in [0.2, 0.25) is 0 Å². The maximum absolute atomic E-state index is 14.9. The lowest BCUT2D eigenvalue weighted by molar-refractivity contribution is -0.153. The van der Waals surface area contributed by atoms with Gasteiger partial charge in [0.25, 0.3) is 5.56 Å². The zero-order chi connectivity index (χ0) is 22.3. The van der Waals surface area contributed by atoms with Crippen molar-refractivity contribution in [2.75, 3.05) is 29.6 Å². The molecule has 4 heterocycles. The number of halogens is 5. The zero-order valence-electron chi connectivity index (χ0n) is 16.6. The molecule has 0 saturated carbocycles. The third kappa shape index (κ3) is 4.08. The molecule has 2 aromatic rings. The van der Waals surface area contributed by atoms with Crippen molar-refractivity contribution >= 4 is 11.8 Å². The SMILES string of the molecule is C[C@@H]1COCCN1c1nc2n(c(=O)c1F)CC[C@@H](C(F)(F)F)N2Cc1ccc(F)nc1. The van der Waals surface area contributed by atoms with E-state index in [4.69, 9.17) is 4.74 Å². The molecule has 2 aromatic heterocycles.